The van der Waals surface area contributed by atoms with E-state index in [1.165, 1.54) is 36.8 Å². The lowest BCUT2D eigenvalue weighted by Gasteiger charge is -2.39. The maximum Gasteiger partial charge on any atom is 0.415 e. The Morgan fingerprint density at radius 2 is 1.63 bits per heavy atom. The zero-order valence-corrected chi connectivity index (χ0v) is 39.0. The SMILES string of the molecule is CCc1c2c(nc3ccc(OC(=O)N4CCC(N5CCCCC5)CC4)cc13)-c1cc3c(c(=O)n1C2)COC(=O)[C@@]3(CC)OC(=O)[C@@H]1ON=C2c3cc([N+](=O)[O-])cc(N(O)O)c3-c3c([N+](=O)[O-])cc([N+](=O)[O-])c1c32. The van der Waals surface area contributed by atoms with E-state index in [-0.39, 0.29) is 35.3 Å². The largest absolute Gasteiger partial charge is 0.457 e. The van der Waals surface area contributed by atoms with Gasteiger partial charge in [-0.05, 0) is 81.4 Å². The zero-order chi connectivity index (χ0) is 51.4. The standard InChI is InChI=1S/C48H43N9O16/c1-3-26-27-18-25(71-47(61)52-14-10-23(11-15-52)51-12-6-5-7-13-51)8-9-32(27)49-41-29(26)21-53-36(41)19-31-30(44(53)58)22-70-46(60)48(31,4-2)72-45(59)43-39-35(57(68)69)20-34(56(66)67)38-37-28(42(40(38)39)50-73-43)16-24(54(62)63)17-33(37)55(64)65/h8-9,16-20,23,43,64-65H,3-7,10-15,21-22H2,1-2H3/t43-,48+/m1/s1. The number of ether oxygens (including phenoxy) is 3. The van der Waals surface area contributed by atoms with E-state index < -0.39 is 113 Å². The number of hydrogen-bond acceptors (Lipinski definition) is 20. The van der Waals surface area contributed by atoms with Gasteiger partial charge in [-0.25, -0.2) is 19.4 Å². The fourth-order valence-electron chi connectivity index (χ4n) is 11.5. The first-order valence-electron chi connectivity index (χ1n) is 23.6. The van der Waals surface area contributed by atoms with Gasteiger partial charge in [0.15, 0.2) is 0 Å². The quantitative estimate of drug-likeness (QED) is 0.0844. The van der Waals surface area contributed by atoms with Crippen LogP contribution in [0.25, 0.3) is 33.4 Å². The second-order valence-electron chi connectivity index (χ2n) is 18.6. The molecule has 5 aliphatic heterocycles. The number of piperidine rings is 2. The Morgan fingerprint density at radius 1 is 0.890 bits per heavy atom. The third-order valence-electron chi connectivity index (χ3n) is 14.9. The second-order valence-corrected chi connectivity index (χ2v) is 18.6. The minimum absolute atomic E-state index is 0.0446. The number of carbonyl (C=O) groups is 3. The highest BCUT2D eigenvalue weighted by Crippen LogP contribution is 2.55. The highest BCUT2D eigenvalue weighted by Gasteiger charge is 2.55. The highest BCUT2D eigenvalue weighted by molar-refractivity contribution is 6.29. The van der Waals surface area contributed by atoms with Crippen LogP contribution in [0.1, 0.15) is 97.4 Å². The van der Waals surface area contributed by atoms with E-state index in [1.807, 2.05) is 6.92 Å². The van der Waals surface area contributed by atoms with Gasteiger partial charge in [0.05, 0.1) is 61.0 Å². The van der Waals surface area contributed by atoms with Gasteiger partial charge >= 0.3 is 18.0 Å². The summed E-state index contributed by atoms with van der Waals surface area (Å²) in [7, 11) is 0. The molecule has 2 N–H and O–H groups in total. The lowest BCUT2D eigenvalue weighted by atomic mass is 9.85. The monoisotopic (exact) mass is 1000 g/mol. The van der Waals surface area contributed by atoms with E-state index in [0.29, 0.717) is 65.6 Å². The topological polar surface area (TPSA) is 315 Å². The number of benzene rings is 3. The van der Waals surface area contributed by atoms with Crippen LogP contribution in [0.4, 0.5) is 27.5 Å². The van der Waals surface area contributed by atoms with Crippen molar-refractivity contribution in [1.29, 1.82) is 0 Å². The van der Waals surface area contributed by atoms with Gasteiger partial charge in [-0.1, -0.05) is 25.4 Å². The molecule has 1 aliphatic carbocycles. The van der Waals surface area contributed by atoms with Gasteiger partial charge in [-0.15, -0.1) is 5.23 Å². The molecule has 0 radical (unpaired) electrons. The summed E-state index contributed by atoms with van der Waals surface area (Å²) in [5, 5.41) is 61.7. The summed E-state index contributed by atoms with van der Waals surface area (Å²) in [5.41, 5.74) is -6.75. The molecule has 2 fully saturated rings. The maximum atomic E-state index is 14.7. The molecule has 2 saturated heterocycles. The molecule has 2 atom stereocenters. The molecule has 0 unspecified atom stereocenters. The summed E-state index contributed by atoms with van der Waals surface area (Å²) in [6, 6.07) is 9.15. The van der Waals surface area contributed by atoms with Crippen LogP contribution in [0.15, 0.2) is 52.4 Å². The number of oxime groups is 1. The summed E-state index contributed by atoms with van der Waals surface area (Å²) in [4.78, 5) is 106. The molecule has 0 bridgehead atoms. The Hall–Kier alpha value is -8.42. The number of carbonyl (C=O) groups excluding carboxylic acids is 3. The van der Waals surface area contributed by atoms with Gasteiger partial charge < -0.3 is 33.4 Å². The number of nitro groups is 3. The predicted molar refractivity (Wildman–Crippen MR) is 251 cm³/mol. The van der Waals surface area contributed by atoms with Gasteiger partial charge in [-0.3, -0.25) is 45.6 Å². The Morgan fingerprint density at radius 3 is 2.30 bits per heavy atom. The summed E-state index contributed by atoms with van der Waals surface area (Å²) in [5.74, 6) is -2.27. The van der Waals surface area contributed by atoms with Crippen LogP contribution in [0.3, 0.4) is 0 Å². The number of rotatable bonds is 10. The maximum absolute atomic E-state index is 14.7. The van der Waals surface area contributed by atoms with Gasteiger partial charge in [0, 0.05) is 64.5 Å². The molecular weight excluding hydrogens is 959 g/mol. The Bertz CT molecular complexity index is 3410. The third kappa shape index (κ3) is 7.23. The molecule has 73 heavy (non-hydrogen) atoms. The molecule has 6 aliphatic rings. The van der Waals surface area contributed by atoms with Crippen molar-refractivity contribution in [3.05, 3.63) is 122 Å². The third-order valence-corrected chi connectivity index (χ3v) is 14.9. The van der Waals surface area contributed by atoms with Gasteiger partial charge in [0.25, 0.3) is 28.7 Å². The molecule has 25 nitrogen and oxygen atoms in total. The van der Waals surface area contributed by atoms with Crippen molar-refractivity contribution in [3.63, 3.8) is 0 Å². The molecule has 2 aromatic heterocycles. The Balaban J connectivity index is 0.940. The predicted octanol–water partition coefficient (Wildman–Crippen LogP) is 6.46. The number of non-ortho nitro benzene ring substituents is 1. The number of cyclic esters (lactones) is 1. The van der Waals surface area contributed by atoms with Crippen LogP contribution in [0.2, 0.25) is 0 Å². The molecule has 7 heterocycles. The minimum atomic E-state index is -2.40. The molecular formula is C48H43N9O16. The lowest BCUT2D eigenvalue weighted by molar-refractivity contribution is -0.394. The molecule has 5 aromatic rings. The summed E-state index contributed by atoms with van der Waals surface area (Å²) in [6.07, 6.45) is 2.83. The van der Waals surface area contributed by atoms with Crippen molar-refractivity contribution in [3.8, 4) is 28.3 Å². The van der Waals surface area contributed by atoms with E-state index in [0.717, 1.165) is 37.6 Å². The smallest absolute Gasteiger partial charge is 0.415 e. The van der Waals surface area contributed by atoms with Crippen molar-refractivity contribution in [2.75, 3.05) is 31.4 Å². The number of aromatic nitrogens is 2. The number of esters is 2. The van der Waals surface area contributed by atoms with E-state index in [9.17, 15) is 59.9 Å². The molecule has 1 amide bonds. The average molecular weight is 1000 g/mol. The first-order chi connectivity index (χ1) is 35.0. The van der Waals surface area contributed by atoms with Crippen LogP contribution in [0, 0.1) is 30.3 Å². The van der Waals surface area contributed by atoms with Crippen molar-refractivity contribution in [1.82, 2.24) is 19.4 Å². The van der Waals surface area contributed by atoms with E-state index in [1.54, 1.807) is 23.1 Å². The number of likely N-dealkylation sites (tertiary alicyclic amines) is 2. The molecule has 25 heteroatoms. The average Bonchev–Trinajstić information content (AvgIpc) is 3.93. The summed E-state index contributed by atoms with van der Waals surface area (Å²) < 4.78 is 19.0. The van der Waals surface area contributed by atoms with E-state index >= 15 is 0 Å². The molecule has 376 valence electrons. The van der Waals surface area contributed by atoms with Crippen molar-refractivity contribution in [2.24, 2.45) is 5.16 Å². The fraction of sp³-hybridized carbons (Fsp3) is 0.375. The first kappa shape index (κ1) is 46.9. The summed E-state index contributed by atoms with van der Waals surface area (Å²) >= 11 is 0. The fourth-order valence-corrected chi connectivity index (χ4v) is 11.5. The van der Waals surface area contributed by atoms with Crippen molar-refractivity contribution >= 4 is 57.4 Å². The number of amides is 1. The number of aryl methyl sites for hydroxylation is 1. The number of nitrogens with zero attached hydrogens (tertiary/aromatic N) is 9. The Kier molecular flexibility index (Phi) is 11.2. The molecule has 3 aromatic carbocycles. The number of nitro benzene ring substituents is 3. The first-order valence-corrected chi connectivity index (χ1v) is 23.6. The van der Waals surface area contributed by atoms with Gasteiger partial charge in [0.2, 0.25) is 5.60 Å². The van der Waals surface area contributed by atoms with Crippen LogP contribution in [-0.2, 0) is 49.1 Å². The zero-order valence-electron chi connectivity index (χ0n) is 39.0. The number of pyridine rings is 2. The number of anilines is 1. The normalized spacial score (nSPS) is 19.6. The lowest BCUT2D eigenvalue weighted by Crippen LogP contribution is -2.48. The number of fused-ring (bicyclic) bond motifs is 8. The Labute approximate surface area is 411 Å². The van der Waals surface area contributed by atoms with E-state index in [4.69, 9.17) is 24.0 Å². The van der Waals surface area contributed by atoms with Crippen molar-refractivity contribution in [2.45, 2.75) is 89.7 Å². The number of hydrogen-bond donors (Lipinski definition) is 2. The van der Waals surface area contributed by atoms with Crippen molar-refractivity contribution < 1.29 is 58.6 Å². The van der Waals surface area contributed by atoms with Crippen LogP contribution >= 0.6 is 0 Å². The molecule has 0 saturated carbocycles. The minimum Gasteiger partial charge on any atom is -0.457 e. The van der Waals surface area contributed by atoms with Crippen LogP contribution in [-0.4, -0.2) is 100 Å². The van der Waals surface area contributed by atoms with E-state index in [2.05, 4.69) is 10.1 Å². The summed E-state index contributed by atoms with van der Waals surface area (Å²) in [6.45, 7) is 6.31. The molecule has 11 rings (SSSR count). The molecule has 0 spiro atoms. The highest BCUT2D eigenvalue weighted by atomic mass is 16.8. The van der Waals surface area contributed by atoms with Crippen LogP contribution < -0.4 is 15.5 Å². The second kappa shape index (κ2) is 17.4. The van der Waals surface area contributed by atoms with Gasteiger partial charge in [0.1, 0.15) is 23.8 Å². The van der Waals surface area contributed by atoms with Crippen LogP contribution in [0.5, 0.6) is 5.75 Å². The van der Waals surface area contributed by atoms with Gasteiger partial charge in [-0.2, -0.15) is 0 Å².